The number of nitrogens with zero attached hydrogens (tertiary/aromatic N) is 2. The smallest absolute Gasteiger partial charge is 0.380 e. The van der Waals surface area contributed by atoms with Crippen LogP contribution in [0.4, 0.5) is 23.2 Å². The minimum absolute atomic E-state index is 0.0227. The molecule has 6 rings (SSSR count). The molecule has 3 aliphatic carbocycles. The molecule has 1 aliphatic heterocycles. The average molecular weight is 531 g/mol. The Balaban J connectivity index is 1.23. The van der Waals surface area contributed by atoms with Gasteiger partial charge >= 0.3 is 6.18 Å². The molecule has 4 aliphatic rings. The van der Waals surface area contributed by atoms with Crippen LogP contribution in [0.2, 0.25) is 0 Å². The summed E-state index contributed by atoms with van der Waals surface area (Å²) in [6.45, 7) is 1.82. The van der Waals surface area contributed by atoms with Crippen LogP contribution in [0.15, 0.2) is 30.5 Å². The fraction of sp³-hybridized carbons (Fsp3) is 0.536. The normalized spacial score (nSPS) is 25.4. The maximum Gasteiger partial charge on any atom is 0.416 e. The van der Waals surface area contributed by atoms with Crippen LogP contribution in [0.3, 0.4) is 0 Å². The van der Waals surface area contributed by atoms with E-state index in [2.05, 4.69) is 15.6 Å². The van der Waals surface area contributed by atoms with E-state index < -0.39 is 29.6 Å². The molecule has 202 valence electrons. The van der Waals surface area contributed by atoms with Gasteiger partial charge in [-0.2, -0.15) is 13.2 Å². The molecule has 0 radical (unpaired) electrons. The summed E-state index contributed by atoms with van der Waals surface area (Å²) in [5, 5.41) is 6.33. The van der Waals surface area contributed by atoms with Crippen LogP contribution in [0, 0.1) is 24.6 Å². The van der Waals surface area contributed by atoms with Gasteiger partial charge in [-0.1, -0.05) is 6.07 Å². The zero-order chi connectivity index (χ0) is 26.8. The Labute approximate surface area is 218 Å². The number of carbonyl (C=O) groups excluding carboxylic acids is 2. The fourth-order valence-electron chi connectivity index (χ4n) is 5.83. The van der Waals surface area contributed by atoms with E-state index >= 15 is 0 Å². The summed E-state index contributed by atoms with van der Waals surface area (Å²) >= 11 is 0. The Morgan fingerprint density at radius 1 is 1.11 bits per heavy atom. The van der Waals surface area contributed by atoms with E-state index in [1.807, 2.05) is 6.92 Å². The molecule has 3 saturated carbocycles. The summed E-state index contributed by atoms with van der Waals surface area (Å²) in [6.07, 6.45) is 3.07. The third-order valence-corrected chi connectivity index (χ3v) is 8.43. The predicted octanol–water partition coefficient (Wildman–Crippen LogP) is 5.38. The van der Waals surface area contributed by atoms with Crippen molar-refractivity contribution in [1.82, 2.24) is 15.2 Å². The summed E-state index contributed by atoms with van der Waals surface area (Å²) in [4.78, 5) is 33.4. The van der Waals surface area contributed by atoms with E-state index in [9.17, 15) is 27.2 Å². The lowest BCUT2D eigenvalue weighted by Crippen LogP contribution is -2.49. The lowest BCUT2D eigenvalue weighted by atomic mass is 9.92. The number of anilines is 1. The quantitative estimate of drug-likeness (QED) is 0.472. The molecule has 2 aromatic rings. The number of nitrogens with one attached hydrogen (secondary N) is 2. The van der Waals surface area contributed by atoms with Crippen molar-refractivity contribution in [3.63, 3.8) is 0 Å². The summed E-state index contributed by atoms with van der Waals surface area (Å²) in [5.41, 5.74) is 0.836. The highest BCUT2D eigenvalue weighted by atomic mass is 19.4. The zero-order valence-corrected chi connectivity index (χ0v) is 21.0. The molecule has 0 unspecified atom stereocenters. The Kier molecular flexibility index (Phi) is 6.11. The number of alkyl halides is 3. The van der Waals surface area contributed by atoms with Crippen molar-refractivity contribution in [3.05, 3.63) is 58.7 Å². The van der Waals surface area contributed by atoms with Crippen LogP contribution >= 0.6 is 0 Å². The Morgan fingerprint density at radius 3 is 2.50 bits per heavy atom. The highest BCUT2D eigenvalue weighted by molar-refractivity contribution is 6.02. The van der Waals surface area contributed by atoms with E-state index in [0.717, 1.165) is 50.7 Å². The molecule has 6 nitrogen and oxygen atoms in total. The summed E-state index contributed by atoms with van der Waals surface area (Å²) in [7, 11) is 0. The molecule has 2 heterocycles. The monoisotopic (exact) mass is 530 g/mol. The number of carbonyl (C=O) groups is 2. The van der Waals surface area contributed by atoms with Crippen molar-refractivity contribution in [2.75, 3.05) is 5.32 Å². The molecule has 0 spiro atoms. The SMILES string of the molecule is Cc1cc(C(=O)N2[C@@H](C(=O)N[C@@H](c3ccc(C(F)(F)F)cc3F)C3CC3)C[C@H]3C[C@H]32)c(NC2CCC2)cn1. The van der Waals surface area contributed by atoms with Gasteiger partial charge in [-0.15, -0.1) is 0 Å². The number of rotatable bonds is 7. The standard InChI is InChI=1S/C28H30F4N4O2/c1-14-9-20(22(13-33-14)34-18-3-2-4-18)27(38)36-23-10-16(23)11-24(36)26(37)35-25(15-5-6-15)19-8-7-17(12-21(19)29)28(30,31)32/h7-9,12-13,15-16,18,23-25,34H,2-6,10-11H2,1H3,(H,35,37)/t16-,23-,24-,25-/m1/s1. The van der Waals surface area contributed by atoms with Crippen LogP contribution < -0.4 is 10.6 Å². The molecule has 10 heteroatoms. The predicted molar refractivity (Wildman–Crippen MR) is 132 cm³/mol. The molecule has 38 heavy (non-hydrogen) atoms. The maximum atomic E-state index is 14.8. The van der Waals surface area contributed by atoms with Crippen molar-refractivity contribution in [3.8, 4) is 0 Å². The second-order valence-corrected chi connectivity index (χ2v) is 11.2. The lowest BCUT2D eigenvalue weighted by Gasteiger charge is -2.31. The van der Waals surface area contributed by atoms with Crippen LogP contribution in [0.5, 0.6) is 0 Å². The number of aryl methyl sites for hydroxylation is 1. The highest BCUT2D eigenvalue weighted by Crippen LogP contribution is 2.49. The number of aromatic nitrogens is 1. The number of piperidine rings is 1. The van der Waals surface area contributed by atoms with Gasteiger partial charge in [0, 0.05) is 23.3 Å². The minimum atomic E-state index is -4.65. The van der Waals surface area contributed by atoms with Crippen molar-refractivity contribution in [1.29, 1.82) is 0 Å². The maximum absolute atomic E-state index is 14.8. The highest BCUT2D eigenvalue weighted by Gasteiger charge is 2.56. The molecule has 0 bridgehead atoms. The van der Waals surface area contributed by atoms with Crippen LogP contribution in [-0.2, 0) is 11.0 Å². The number of benzene rings is 1. The molecule has 2 N–H and O–H groups in total. The molecule has 4 atom stereocenters. The molecule has 1 saturated heterocycles. The van der Waals surface area contributed by atoms with E-state index in [1.54, 1.807) is 17.2 Å². The third-order valence-electron chi connectivity index (χ3n) is 8.43. The first-order valence-corrected chi connectivity index (χ1v) is 13.3. The molecule has 2 amide bonds. The lowest BCUT2D eigenvalue weighted by molar-refractivity contribution is -0.137. The fourth-order valence-corrected chi connectivity index (χ4v) is 5.83. The van der Waals surface area contributed by atoms with Crippen molar-refractivity contribution < 1.29 is 27.2 Å². The Bertz CT molecular complexity index is 1270. The van der Waals surface area contributed by atoms with Crippen LogP contribution in [0.25, 0.3) is 0 Å². The van der Waals surface area contributed by atoms with Gasteiger partial charge in [0.25, 0.3) is 5.91 Å². The largest absolute Gasteiger partial charge is 0.416 e. The number of hydrogen-bond acceptors (Lipinski definition) is 4. The first-order valence-electron chi connectivity index (χ1n) is 13.3. The van der Waals surface area contributed by atoms with E-state index in [-0.39, 0.29) is 35.3 Å². The first-order chi connectivity index (χ1) is 18.1. The van der Waals surface area contributed by atoms with Crippen LogP contribution in [0.1, 0.15) is 78.2 Å². The Morgan fingerprint density at radius 2 is 1.87 bits per heavy atom. The van der Waals surface area contributed by atoms with Gasteiger partial charge in [-0.3, -0.25) is 14.6 Å². The van der Waals surface area contributed by atoms with Crippen molar-refractivity contribution in [2.24, 2.45) is 11.8 Å². The second kappa shape index (κ2) is 9.24. The molecule has 1 aromatic heterocycles. The van der Waals surface area contributed by atoms with Gasteiger partial charge in [0.1, 0.15) is 11.9 Å². The van der Waals surface area contributed by atoms with Crippen molar-refractivity contribution >= 4 is 17.5 Å². The topological polar surface area (TPSA) is 74.3 Å². The van der Waals surface area contributed by atoms with Gasteiger partial charge in [0.2, 0.25) is 5.91 Å². The first kappa shape index (κ1) is 25.1. The molecule has 1 aromatic carbocycles. The van der Waals surface area contributed by atoms with E-state index in [0.29, 0.717) is 35.5 Å². The summed E-state index contributed by atoms with van der Waals surface area (Å²) in [6, 6.07) is 3.03. The van der Waals surface area contributed by atoms with Gasteiger partial charge in [0.05, 0.1) is 29.1 Å². The summed E-state index contributed by atoms with van der Waals surface area (Å²) in [5.74, 6) is -1.42. The number of amides is 2. The van der Waals surface area contributed by atoms with Gasteiger partial charge in [-0.25, -0.2) is 4.39 Å². The van der Waals surface area contributed by atoms with E-state index in [4.69, 9.17) is 0 Å². The number of hydrogen-bond donors (Lipinski definition) is 2. The second-order valence-electron chi connectivity index (χ2n) is 11.2. The number of fused-ring (bicyclic) bond motifs is 1. The van der Waals surface area contributed by atoms with Crippen molar-refractivity contribution in [2.45, 2.75) is 82.2 Å². The summed E-state index contributed by atoms with van der Waals surface area (Å²) < 4.78 is 54.0. The number of likely N-dealkylation sites (tertiary alicyclic amines) is 1. The van der Waals surface area contributed by atoms with Gasteiger partial charge in [-0.05, 0) is 81.9 Å². The third kappa shape index (κ3) is 4.73. The Hall–Kier alpha value is -3.17. The van der Waals surface area contributed by atoms with Gasteiger partial charge < -0.3 is 15.5 Å². The minimum Gasteiger partial charge on any atom is -0.380 e. The number of pyridine rings is 1. The van der Waals surface area contributed by atoms with Crippen LogP contribution in [-0.4, -0.2) is 39.8 Å². The molecule has 4 fully saturated rings. The van der Waals surface area contributed by atoms with E-state index in [1.165, 1.54) is 0 Å². The molecular weight excluding hydrogens is 500 g/mol. The average Bonchev–Trinajstić information content (AvgIpc) is 3.77. The molecular formula is C28H30F4N4O2. The zero-order valence-electron chi connectivity index (χ0n) is 21.0. The van der Waals surface area contributed by atoms with Gasteiger partial charge in [0.15, 0.2) is 0 Å². The number of halogens is 4.